The predicted molar refractivity (Wildman–Crippen MR) is 80.5 cm³/mol. The van der Waals surface area contributed by atoms with E-state index in [1.807, 2.05) is 13.1 Å². The largest absolute Gasteiger partial charge is 0.322 e. The van der Waals surface area contributed by atoms with Crippen molar-refractivity contribution >= 4 is 33.8 Å². The van der Waals surface area contributed by atoms with Crippen molar-refractivity contribution in [1.29, 1.82) is 0 Å². The molecule has 0 bridgehead atoms. The molecule has 0 aliphatic heterocycles. The zero-order valence-corrected chi connectivity index (χ0v) is 11.5. The molecule has 3 aromatic rings. The van der Waals surface area contributed by atoms with Crippen LogP contribution in [0.25, 0.3) is 21.2 Å². The Labute approximate surface area is 116 Å². The Bertz CT molecular complexity index is 845. The Morgan fingerprint density at radius 3 is 3.16 bits per heavy atom. The van der Waals surface area contributed by atoms with E-state index in [0.29, 0.717) is 0 Å². The van der Waals surface area contributed by atoms with Crippen molar-refractivity contribution in [2.24, 2.45) is 0 Å². The van der Waals surface area contributed by atoms with Crippen LogP contribution in [0.2, 0.25) is 0 Å². The minimum absolute atomic E-state index is 0.972. The second-order valence-corrected chi connectivity index (χ2v) is 5.47. The summed E-state index contributed by atoms with van der Waals surface area (Å²) in [5.74, 6) is 0. The van der Waals surface area contributed by atoms with Crippen LogP contribution in [-0.4, -0.2) is 14.6 Å². The number of allylic oxidation sites excluding steroid dienone is 1. The summed E-state index contributed by atoms with van der Waals surface area (Å²) in [5.41, 5.74) is 4.81. The fraction of sp³-hybridized carbons (Fsp3) is 0.200. The molecule has 1 aliphatic rings. The molecule has 4 rings (SSSR count). The monoisotopic (exact) mass is 267 g/mol. The predicted octanol–water partition coefficient (Wildman–Crippen LogP) is 3.41. The minimum Gasteiger partial charge on any atom is -0.322 e. The van der Waals surface area contributed by atoms with E-state index >= 15 is 0 Å². The molecule has 0 amide bonds. The van der Waals surface area contributed by atoms with Gasteiger partial charge in [0.1, 0.15) is 0 Å². The number of aromatic nitrogens is 3. The maximum Gasteiger partial charge on any atom is 0.0700 e. The fourth-order valence-electron chi connectivity index (χ4n) is 2.99. The molecule has 0 saturated heterocycles. The zero-order chi connectivity index (χ0) is 13.0. The summed E-state index contributed by atoms with van der Waals surface area (Å²) in [5, 5.41) is 10.6. The van der Waals surface area contributed by atoms with E-state index in [9.17, 15) is 0 Å². The number of nitrogens with zero attached hydrogens (tertiary/aromatic N) is 3. The SMILES string of the molecule is Cc1nncc2cn3ccc4c(c3c12)C(S)=CCC4. The minimum atomic E-state index is 0.972. The van der Waals surface area contributed by atoms with Gasteiger partial charge in [0.15, 0.2) is 0 Å². The first-order valence-corrected chi connectivity index (χ1v) is 6.84. The number of pyridine rings is 1. The molecule has 3 nitrogen and oxygen atoms in total. The van der Waals surface area contributed by atoms with Crippen molar-refractivity contribution in [3.63, 3.8) is 0 Å². The van der Waals surface area contributed by atoms with Gasteiger partial charge in [0.2, 0.25) is 0 Å². The highest BCUT2D eigenvalue weighted by molar-refractivity contribution is 7.90. The van der Waals surface area contributed by atoms with Crippen molar-refractivity contribution in [3.05, 3.63) is 47.6 Å². The number of aryl methyl sites for hydroxylation is 2. The quantitative estimate of drug-likeness (QED) is 0.633. The van der Waals surface area contributed by atoms with Gasteiger partial charge >= 0.3 is 0 Å². The average Bonchev–Trinajstić information content (AvgIpc) is 2.78. The molecular formula is C15H13N3S. The van der Waals surface area contributed by atoms with Crippen LogP contribution in [0.5, 0.6) is 0 Å². The lowest BCUT2D eigenvalue weighted by atomic mass is 9.96. The van der Waals surface area contributed by atoms with E-state index in [0.717, 1.165) is 28.8 Å². The molecule has 0 unspecified atom stereocenters. The van der Waals surface area contributed by atoms with Crippen molar-refractivity contribution in [1.82, 2.24) is 14.6 Å². The topological polar surface area (TPSA) is 30.2 Å². The van der Waals surface area contributed by atoms with Crippen LogP contribution in [0.3, 0.4) is 0 Å². The smallest absolute Gasteiger partial charge is 0.0700 e. The van der Waals surface area contributed by atoms with E-state index in [-0.39, 0.29) is 0 Å². The van der Waals surface area contributed by atoms with Crippen molar-refractivity contribution in [2.45, 2.75) is 19.8 Å². The Balaban J connectivity index is 2.28. The highest BCUT2D eigenvalue weighted by atomic mass is 32.1. The summed E-state index contributed by atoms with van der Waals surface area (Å²) in [6.45, 7) is 2.01. The molecule has 0 fully saturated rings. The van der Waals surface area contributed by atoms with E-state index in [1.54, 1.807) is 0 Å². The van der Waals surface area contributed by atoms with Gasteiger partial charge in [-0.15, -0.1) is 12.6 Å². The molecule has 94 valence electrons. The third kappa shape index (κ3) is 1.46. The summed E-state index contributed by atoms with van der Waals surface area (Å²) in [6, 6.07) is 2.20. The molecule has 3 heterocycles. The van der Waals surface area contributed by atoms with Crippen molar-refractivity contribution < 1.29 is 0 Å². The maximum absolute atomic E-state index is 4.66. The number of thiol groups is 1. The van der Waals surface area contributed by atoms with E-state index < -0.39 is 0 Å². The molecule has 3 aromatic heterocycles. The molecule has 0 radical (unpaired) electrons. The molecule has 0 atom stereocenters. The second kappa shape index (κ2) is 3.84. The van der Waals surface area contributed by atoms with Crippen LogP contribution in [0.4, 0.5) is 0 Å². The second-order valence-electron chi connectivity index (χ2n) is 4.99. The fourth-order valence-corrected chi connectivity index (χ4v) is 3.37. The summed E-state index contributed by atoms with van der Waals surface area (Å²) in [6.07, 6.45) is 10.4. The number of hydrogen-bond acceptors (Lipinski definition) is 3. The third-order valence-corrected chi connectivity index (χ3v) is 4.24. The van der Waals surface area contributed by atoms with Gasteiger partial charge in [-0.3, -0.25) is 0 Å². The van der Waals surface area contributed by atoms with Crippen LogP contribution >= 0.6 is 12.6 Å². The van der Waals surface area contributed by atoms with Gasteiger partial charge in [-0.25, -0.2) is 0 Å². The van der Waals surface area contributed by atoms with Gasteiger partial charge in [0.25, 0.3) is 0 Å². The Kier molecular flexibility index (Phi) is 2.23. The molecule has 1 aliphatic carbocycles. The highest BCUT2D eigenvalue weighted by Crippen LogP contribution is 2.36. The number of fused-ring (bicyclic) bond motifs is 5. The van der Waals surface area contributed by atoms with Gasteiger partial charge < -0.3 is 4.40 Å². The first-order valence-electron chi connectivity index (χ1n) is 6.40. The van der Waals surface area contributed by atoms with Crippen molar-refractivity contribution in [3.8, 4) is 0 Å². The highest BCUT2D eigenvalue weighted by Gasteiger charge is 2.18. The third-order valence-electron chi connectivity index (χ3n) is 3.83. The van der Waals surface area contributed by atoms with Gasteiger partial charge in [0.05, 0.1) is 17.4 Å². The lowest BCUT2D eigenvalue weighted by molar-refractivity contribution is 0.975. The van der Waals surface area contributed by atoms with Crippen LogP contribution in [0.15, 0.2) is 30.7 Å². The van der Waals surface area contributed by atoms with Crippen LogP contribution in [0.1, 0.15) is 23.2 Å². The summed E-state index contributed by atoms with van der Waals surface area (Å²) < 4.78 is 2.16. The Hall–Kier alpha value is -1.81. The molecule has 19 heavy (non-hydrogen) atoms. The molecule has 0 spiro atoms. The Morgan fingerprint density at radius 1 is 1.37 bits per heavy atom. The maximum atomic E-state index is 4.66. The van der Waals surface area contributed by atoms with Gasteiger partial charge in [-0.05, 0) is 31.4 Å². The molecule has 0 aromatic carbocycles. The van der Waals surface area contributed by atoms with Gasteiger partial charge in [0, 0.05) is 33.6 Å². The molecular weight excluding hydrogens is 254 g/mol. The van der Waals surface area contributed by atoms with Crippen molar-refractivity contribution in [2.75, 3.05) is 0 Å². The zero-order valence-electron chi connectivity index (χ0n) is 10.6. The summed E-state index contributed by atoms with van der Waals surface area (Å²) in [7, 11) is 0. The summed E-state index contributed by atoms with van der Waals surface area (Å²) in [4.78, 5) is 1.07. The average molecular weight is 267 g/mol. The van der Waals surface area contributed by atoms with Crippen LogP contribution < -0.4 is 0 Å². The standard InChI is InChI=1S/C15H13N3S/c1-9-13-11(7-16-17-9)8-18-6-5-10-3-2-4-12(19)14(10)15(13)18/h4-8,19H,2-3H2,1H3. The van der Waals surface area contributed by atoms with Gasteiger partial charge in [-0.2, -0.15) is 10.2 Å². The lowest BCUT2D eigenvalue weighted by Crippen LogP contribution is -2.00. The van der Waals surface area contributed by atoms with E-state index in [2.05, 4.69) is 51.8 Å². The molecule has 0 saturated carbocycles. The van der Waals surface area contributed by atoms with E-state index in [1.165, 1.54) is 22.0 Å². The molecule has 0 N–H and O–H groups in total. The van der Waals surface area contributed by atoms with Gasteiger partial charge in [-0.1, -0.05) is 6.08 Å². The lowest BCUT2D eigenvalue weighted by Gasteiger charge is -2.16. The first kappa shape index (κ1) is 11.1. The van der Waals surface area contributed by atoms with Crippen LogP contribution in [0, 0.1) is 6.92 Å². The Morgan fingerprint density at radius 2 is 2.26 bits per heavy atom. The number of hydrogen-bond donors (Lipinski definition) is 1. The van der Waals surface area contributed by atoms with E-state index in [4.69, 9.17) is 0 Å². The first-order chi connectivity index (χ1) is 9.25. The number of rotatable bonds is 0. The normalized spacial score (nSPS) is 14.7. The van der Waals surface area contributed by atoms with Crippen LogP contribution in [-0.2, 0) is 6.42 Å². The summed E-state index contributed by atoms with van der Waals surface area (Å²) >= 11 is 4.66. The molecule has 4 heteroatoms.